The van der Waals surface area contributed by atoms with Gasteiger partial charge in [0.15, 0.2) is 5.82 Å². The largest absolute Gasteiger partial charge is 0.344 e. The van der Waals surface area contributed by atoms with E-state index in [2.05, 4.69) is 15.4 Å². The Bertz CT molecular complexity index is 1000. The molecule has 140 valence electrons. The quantitative estimate of drug-likeness (QED) is 0.662. The fraction of sp³-hybridized carbons (Fsp3) is 0.278. The van der Waals surface area contributed by atoms with Gasteiger partial charge in [-0.15, -0.1) is 11.3 Å². The average Bonchev–Trinajstić information content (AvgIpc) is 3.29. The summed E-state index contributed by atoms with van der Waals surface area (Å²) in [6.45, 7) is 0. The number of halogens is 2. The van der Waals surface area contributed by atoms with Crippen LogP contribution in [0.5, 0.6) is 0 Å². The standard InChI is InChI=1S/C18H16F2N4OS2/c1-26-18-23-14(9-27-18)17(25)22-13-3-2-4-15-11(13)8-21-24(15)16-6-5-10(19)7-12(16)20/h5-9,13H,2-4H2,1H3,(H,22,25)/t13-/m1/s1. The van der Waals surface area contributed by atoms with Crippen molar-refractivity contribution in [1.29, 1.82) is 0 Å². The van der Waals surface area contributed by atoms with Crippen LogP contribution in [0.15, 0.2) is 34.1 Å². The first kappa shape index (κ1) is 18.1. The van der Waals surface area contributed by atoms with Crippen molar-refractivity contribution in [3.63, 3.8) is 0 Å². The lowest BCUT2D eigenvalue weighted by Gasteiger charge is -2.24. The van der Waals surface area contributed by atoms with E-state index in [4.69, 9.17) is 0 Å². The number of amides is 1. The number of nitrogens with zero attached hydrogens (tertiary/aromatic N) is 3. The van der Waals surface area contributed by atoms with Crippen LogP contribution in [0.25, 0.3) is 5.69 Å². The molecule has 1 aliphatic rings. The van der Waals surface area contributed by atoms with E-state index >= 15 is 0 Å². The topological polar surface area (TPSA) is 59.8 Å². The molecule has 0 saturated heterocycles. The van der Waals surface area contributed by atoms with Gasteiger partial charge >= 0.3 is 0 Å². The smallest absolute Gasteiger partial charge is 0.271 e. The minimum atomic E-state index is -0.667. The van der Waals surface area contributed by atoms with Crippen molar-refractivity contribution in [2.24, 2.45) is 0 Å². The predicted octanol–water partition coefficient (Wildman–Crippen LogP) is 4.14. The van der Waals surface area contributed by atoms with Crippen molar-refractivity contribution in [1.82, 2.24) is 20.1 Å². The summed E-state index contributed by atoms with van der Waals surface area (Å²) >= 11 is 2.93. The van der Waals surface area contributed by atoms with E-state index in [0.717, 1.165) is 34.5 Å². The molecular weight excluding hydrogens is 390 g/mol. The zero-order valence-corrected chi connectivity index (χ0v) is 16.0. The van der Waals surface area contributed by atoms with Crippen LogP contribution in [-0.2, 0) is 6.42 Å². The van der Waals surface area contributed by atoms with Crippen molar-refractivity contribution >= 4 is 29.0 Å². The Hall–Kier alpha value is -2.26. The number of hydrogen-bond donors (Lipinski definition) is 1. The number of carbonyl (C=O) groups excluding carboxylic acids is 1. The number of rotatable bonds is 4. The second kappa shape index (κ2) is 7.40. The average molecular weight is 406 g/mol. The monoisotopic (exact) mass is 406 g/mol. The number of carbonyl (C=O) groups is 1. The lowest BCUT2D eigenvalue weighted by Crippen LogP contribution is -2.31. The van der Waals surface area contributed by atoms with Crippen molar-refractivity contribution in [3.05, 3.63) is 58.4 Å². The number of thioether (sulfide) groups is 1. The molecule has 0 aliphatic heterocycles. The zero-order chi connectivity index (χ0) is 19.0. The van der Waals surface area contributed by atoms with Crippen molar-refractivity contribution < 1.29 is 13.6 Å². The second-order valence-electron chi connectivity index (χ2n) is 6.18. The van der Waals surface area contributed by atoms with E-state index in [1.807, 2.05) is 6.26 Å². The molecule has 0 radical (unpaired) electrons. The first-order valence-electron chi connectivity index (χ1n) is 8.39. The molecule has 0 saturated carbocycles. The molecule has 1 aromatic carbocycles. The Morgan fingerprint density at radius 3 is 3.00 bits per heavy atom. The van der Waals surface area contributed by atoms with Crippen molar-refractivity contribution in [3.8, 4) is 5.69 Å². The maximum atomic E-state index is 14.2. The highest BCUT2D eigenvalue weighted by Gasteiger charge is 2.27. The van der Waals surface area contributed by atoms with Gasteiger partial charge in [0, 0.05) is 22.7 Å². The third-order valence-corrected chi connectivity index (χ3v) is 6.38. The molecular formula is C18H16F2N4OS2. The van der Waals surface area contributed by atoms with Gasteiger partial charge in [-0.1, -0.05) is 11.8 Å². The Labute approximate surface area is 162 Å². The lowest BCUT2D eigenvalue weighted by molar-refractivity contribution is 0.0928. The van der Waals surface area contributed by atoms with E-state index in [1.165, 1.54) is 39.9 Å². The molecule has 5 nitrogen and oxygen atoms in total. The van der Waals surface area contributed by atoms with Crippen LogP contribution in [-0.4, -0.2) is 26.9 Å². The maximum absolute atomic E-state index is 14.2. The van der Waals surface area contributed by atoms with E-state index in [1.54, 1.807) is 11.6 Å². The molecule has 1 N–H and O–H groups in total. The highest BCUT2D eigenvalue weighted by atomic mass is 32.2. The molecule has 1 amide bonds. The highest BCUT2D eigenvalue weighted by Crippen LogP contribution is 2.32. The Kier molecular flexibility index (Phi) is 4.96. The van der Waals surface area contributed by atoms with Crippen LogP contribution in [0.2, 0.25) is 0 Å². The molecule has 0 spiro atoms. The molecule has 4 rings (SSSR count). The van der Waals surface area contributed by atoms with Crippen LogP contribution in [0, 0.1) is 11.6 Å². The summed E-state index contributed by atoms with van der Waals surface area (Å²) < 4.78 is 29.7. The predicted molar refractivity (Wildman–Crippen MR) is 101 cm³/mol. The van der Waals surface area contributed by atoms with Gasteiger partial charge < -0.3 is 5.32 Å². The lowest BCUT2D eigenvalue weighted by atomic mass is 9.92. The van der Waals surface area contributed by atoms with Crippen LogP contribution in [0.3, 0.4) is 0 Å². The van der Waals surface area contributed by atoms with Gasteiger partial charge in [0.1, 0.15) is 21.5 Å². The summed E-state index contributed by atoms with van der Waals surface area (Å²) in [7, 11) is 0. The molecule has 0 unspecified atom stereocenters. The van der Waals surface area contributed by atoms with Crippen LogP contribution in [0.1, 0.15) is 40.6 Å². The molecule has 1 aliphatic carbocycles. The van der Waals surface area contributed by atoms with Crippen molar-refractivity contribution in [2.45, 2.75) is 29.6 Å². The third-order valence-electron chi connectivity index (χ3n) is 4.52. The van der Waals surface area contributed by atoms with Gasteiger partial charge in [-0.25, -0.2) is 18.4 Å². The molecule has 0 bridgehead atoms. The third kappa shape index (κ3) is 3.49. The van der Waals surface area contributed by atoms with Gasteiger partial charge in [-0.3, -0.25) is 4.79 Å². The summed E-state index contributed by atoms with van der Waals surface area (Å²) in [5, 5.41) is 9.04. The van der Waals surface area contributed by atoms with Gasteiger partial charge in [0.25, 0.3) is 5.91 Å². The summed E-state index contributed by atoms with van der Waals surface area (Å²) in [4.78, 5) is 16.8. The summed E-state index contributed by atoms with van der Waals surface area (Å²) in [6.07, 6.45) is 5.88. The SMILES string of the molecule is CSc1nc(C(=O)N[C@@H]2CCCc3c2cnn3-c2ccc(F)cc2F)cs1. The fourth-order valence-electron chi connectivity index (χ4n) is 3.25. The highest BCUT2D eigenvalue weighted by molar-refractivity contribution is 8.00. The molecule has 9 heteroatoms. The second-order valence-corrected chi connectivity index (χ2v) is 8.09. The number of thiazole rings is 1. The van der Waals surface area contributed by atoms with Crippen molar-refractivity contribution in [2.75, 3.05) is 6.26 Å². The molecule has 3 aromatic rings. The minimum absolute atomic E-state index is 0.203. The number of aromatic nitrogens is 3. The van der Waals surface area contributed by atoms with Gasteiger partial charge in [-0.05, 0) is 37.7 Å². The molecule has 2 heterocycles. The number of hydrogen-bond acceptors (Lipinski definition) is 5. The Morgan fingerprint density at radius 2 is 2.26 bits per heavy atom. The normalized spacial score (nSPS) is 16.2. The molecule has 2 aromatic heterocycles. The fourth-order valence-corrected chi connectivity index (χ4v) is 4.50. The zero-order valence-electron chi connectivity index (χ0n) is 14.4. The number of benzene rings is 1. The van der Waals surface area contributed by atoms with E-state index in [-0.39, 0.29) is 17.6 Å². The first-order chi connectivity index (χ1) is 13.1. The van der Waals surface area contributed by atoms with Crippen LogP contribution in [0.4, 0.5) is 8.78 Å². The molecule has 0 fully saturated rings. The summed E-state index contributed by atoms with van der Waals surface area (Å²) in [5.74, 6) is -1.53. The Morgan fingerprint density at radius 1 is 1.41 bits per heavy atom. The van der Waals surface area contributed by atoms with Gasteiger partial charge in [0.05, 0.1) is 12.2 Å². The van der Waals surface area contributed by atoms with E-state index in [9.17, 15) is 13.6 Å². The number of fused-ring (bicyclic) bond motifs is 1. The summed E-state index contributed by atoms with van der Waals surface area (Å²) in [5.41, 5.74) is 2.29. The van der Waals surface area contributed by atoms with E-state index < -0.39 is 11.6 Å². The van der Waals surface area contributed by atoms with Crippen LogP contribution >= 0.6 is 23.1 Å². The minimum Gasteiger partial charge on any atom is -0.344 e. The molecule has 1 atom stereocenters. The van der Waals surface area contributed by atoms with Crippen LogP contribution < -0.4 is 5.32 Å². The van der Waals surface area contributed by atoms with E-state index in [0.29, 0.717) is 12.1 Å². The maximum Gasteiger partial charge on any atom is 0.271 e. The molecule has 27 heavy (non-hydrogen) atoms. The Balaban J connectivity index is 1.61. The number of nitrogens with one attached hydrogen (secondary N) is 1. The first-order valence-corrected chi connectivity index (χ1v) is 10.5. The van der Waals surface area contributed by atoms with Gasteiger partial charge in [-0.2, -0.15) is 5.10 Å². The van der Waals surface area contributed by atoms with Gasteiger partial charge in [0.2, 0.25) is 0 Å². The summed E-state index contributed by atoms with van der Waals surface area (Å²) in [6, 6.07) is 3.22.